The number of hydrogen-bond donors (Lipinski definition) is 2. The van der Waals surface area contributed by atoms with E-state index in [1.165, 1.54) is 0 Å². The van der Waals surface area contributed by atoms with Gasteiger partial charge in [0, 0.05) is 6.04 Å². The zero-order valence-corrected chi connectivity index (χ0v) is 10.3. The van der Waals surface area contributed by atoms with Crippen LogP contribution in [0.25, 0.3) is 0 Å². The van der Waals surface area contributed by atoms with Crippen LogP contribution in [0.3, 0.4) is 0 Å². The Balaban J connectivity index is 3.88. The largest absolute Gasteiger partial charge is 0.392 e. The third-order valence-corrected chi connectivity index (χ3v) is 2.99. The average molecular weight is 201 g/mol. The van der Waals surface area contributed by atoms with E-state index in [2.05, 4.69) is 34.6 Å². The topological polar surface area (TPSA) is 46.2 Å². The van der Waals surface area contributed by atoms with Gasteiger partial charge in [0.05, 0.1) is 6.10 Å². The van der Waals surface area contributed by atoms with Gasteiger partial charge in [0.15, 0.2) is 0 Å². The van der Waals surface area contributed by atoms with Crippen LogP contribution < -0.4 is 5.73 Å². The molecule has 0 aliphatic carbocycles. The summed E-state index contributed by atoms with van der Waals surface area (Å²) in [5.41, 5.74) is 5.92. The fourth-order valence-electron chi connectivity index (χ4n) is 1.53. The van der Waals surface area contributed by atoms with Crippen LogP contribution in [0.1, 0.15) is 47.5 Å². The molecule has 0 aromatic rings. The first-order valence-electron chi connectivity index (χ1n) is 5.78. The molecule has 0 heterocycles. The lowest BCUT2D eigenvalue weighted by molar-refractivity contribution is 0.100. The Hall–Kier alpha value is -0.0800. The Morgan fingerprint density at radius 3 is 1.86 bits per heavy atom. The minimum atomic E-state index is -0.338. The zero-order valence-electron chi connectivity index (χ0n) is 10.3. The quantitative estimate of drug-likeness (QED) is 0.693. The van der Waals surface area contributed by atoms with Crippen molar-refractivity contribution >= 4 is 0 Å². The van der Waals surface area contributed by atoms with Crippen molar-refractivity contribution in [3.63, 3.8) is 0 Å². The maximum absolute atomic E-state index is 9.86. The van der Waals surface area contributed by atoms with Gasteiger partial charge in [0.25, 0.3) is 0 Å². The number of rotatable bonds is 6. The summed E-state index contributed by atoms with van der Waals surface area (Å²) in [4.78, 5) is 0. The summed E-state index contributed by atoms with van der Waals surface area (Å²) in [5, 5.41) is 9.86. The molecule has 3 N–H and O–H groups in total. The van der Waals surface area contributed by atoms with E-state index < -0.39 is 0 Å². The fraction of sp³-hybridized carbons (Fsp3) is 1.00. The predicted octanol–water partition coefficient (Wildman–Crippen LogP) is 2.40. The van der Waals surface area contributed by atoms with Crippen molar-refractivity contribution in [1.29, 1.82) is 0 Å². The van der Waals surface area contributed by atoms with E-state index in [4.69, 9.17) is 5.73 Å². The Bertz CT molecular complexity index is 145. The van der Waals surface area contributed by atoms with Gasteiger partial charge >= 0.3 is 0 Å². The van der Waals surface area contributed by atoms with E-state index >= 15 is 0 Å². The van der Waals surface area contributed by atoms with Gasteiger partial charge in [-0.3, -0.25) is 0 Å². The van der Waals surface area contributed by atoms with Crippen molar-refractivity contribution in [2.75, 3.05) is 0 Å². The van der Waals surface area contributed by atoms with E-state index in [0.717, 1.165) is 12.8 Å². The van der Waals surface area contributed by atoms with Crippen LogP contribution in [0.5, 0.6) is 0 Å². The normalized spacial score (nSPS) is 18.6. The molecule has 0 bridgehead atoms. The highest BCUT2D eigenvalue weighted by atomic mass is 16.3. The molecule has 0 saturated heterocycles. The van der Waals surface area contributed by atoms with E-state index in [9.17, 15) is 5.11 Å². The molecule has 0 unspecified atom stereocenters. The molecular weight excluding hydrogens is 174 g/mol. The molecule has 0 aromatic heterocycles. The van der Waals surface area contributed by atoms with Crippen molar-refractivity contribution < 1.29 is 5.11 Å². The third-order valence-electron chi connectivity index (χ3n) is 2.99. The van der Waals surface area contributed by atoms with Crippen molar-refractivity contribution in [3.05, 3.63) is 0 Å². The first-order chi connectivity index (χ1) is 6.34. The molecule has 0 spiro atoms. The Kier molecular flexibility index (Phi) is 6.38. The van der Waals surface area contributed by atoms with Gasteiger partial charge in [-0.1, -0.05) is 34.6 Å². The van der Waals surface area contributed by atoms with Crippen LogP contribution in [0.4, 0.5) is 0 Å². The standard InChI is InChI=1S/C12H27NO/c1-8(2)6-11(13)12(14)7-10(5)9(3)4/h8-12,14H,6-7,13H2,1-5H3/t10-,11-,12-/m0/s1. The van der Waals surface area contributed by atoms with E-state index in [-0.39, 0.29) is 12.1 Å². The molecule has 0 rings (SSSR count). The van der Waals surface area contributed by atoms with Crippen LogP contribution in [0.2, 0.25) is 0 Å². The van der Waals surface area contributed by atoms with Crippen LogP contribution in [0, 0.1) is 17.8 Å². The highest BCUT2D eigenvalue weighted by Gasteiger charge is 2.19. The SMILES string of the molecule is CC(C)C[C@H](N)[C@@H](O)C[C@H](C)C(C)C. The van der Waals surface area contributed by atoms with Crippen molar-refractivity contribution in [3.8, 4) is 0 Å². The summed E-state index contributed by atoms with van der Waals surface area (Å²) in [7, 11) is 0. The maximum Gasteiger partial charge on any atom is 0.0693 e. The summed E-state index contributed by atoms with van der Waals surface area (Å²) in [6.45, 7) is 10.8. The van der Waals surface area contributed by atoms with Gasteiger partial charge in [0.1, 0.15) is 0 Å². The Morgan fingerprint density at radius 1 is 1.00 bits per heavy atom. The number of aliphatic hydroxyl groups excluding tert-OH is 1. The molecule has 86 valence electrons. The second-order valence-corrected chi connectivity index (χ2v) is 5.32. The minimum absolute atomic E-state index is 0.0591. The summed E-state index contributed by atoms with van der Waals surface area (Å²) >= 11 is 0. The van der Waals surface area contributed by atoms with Crippen LogP contribution in [-0.2, 0) is 0 Å². The molecule has 3 atom stereocenters. The molecule has 0 fully saturated rings. The second kappa shape index (κ2) is 6.41. The lowest BCUT2D eigenvalue weighted by atomic mass is 9.88. The minimum Gasteiger partial charge on any atom is -0.392 e. The van der Waals surface area contributed by atoms with E-state index in [1.54, 1.807) is 0 Å². The van der Waals surface area contributed by atoms with Crippen LogP contribution >= 0.6 is 0 Å². The number of aliphatic hydroxyl groups is 1. The Labute approximate surface area is 88.9 Å². The van der Waals surface area contributed by atoms with Crippen molar-refractivity contribution in [2.45, 2.75) is 59.6 Å². The van der Waals surface area contributed by atoms with Gasteiger partial charge in [-0.2, -0.15) is 0 Å². The van der Waals surface area contributed by atoms with Gasteiger partial charge in [-0.25, -0.2) is 0 Å². The molecule has 0 saturated carbocycles. The summed E-state index contributed by atoms with van der Waals surface area (Å²) in [6.07, 6.45) is 1.40. The lowest BCUT2D eigenvalue weighted by Gasteiger charge is -2.25. The number of nitrogens with two attached hydrogens (primary N) is 1. The fourth-order valence-corrected chi connectivity index (χ4v) is 1.53. The molecule has 0 aliphatic heterocycles. The highest BCUT2D eigenvalue weighted by molar-refractivity contribution is 4.75. The van der Waals surface area contributed by atoms with Crippen molar-refractivity contribution in [1.82, 2.24) is 0 Å². The summed E-state index contributed by atoms with van der Waals surface area (Å²) in [6, 6.07) is -0.0591. The molecule has 2 nitrogen and oxygen atoms in total. The van der Waals surface area contributed by atoms with Gasteiger partial charge in [-0.15, -0.1) is 0 Å². The molecule has 0 radical (unpaired) electrons. The lowest BCUT2D eigenvalue weighted by Crippen LogP contribution is -2.37. The van der Waals surface area contributed by atoms with E-state index in [1.807, 2.05) is 0 Å². The average Bonchev–Trinajstić information content (AvgIpc) is 2.02. The Morgan fingerprint density at radius 2 is 1.50 bits per heavy atom. The smallest absolute Gasteiger partial charge is 0.0693 e. The van der Waals surface area contributed by atoms with Gasteiger partial charge in [-0.05, 0) is 30.6 Å². The highest BCUT2D eigenvalue weighted by Crippen LogP contribution is 2.19. The van der Waals surface area contributed by atoms with Crippen LogP contribution in [-0.4, -0.2) is 17.3 Å². The monoisotopic (exact) mass is 201 g/mol. The third kappa shape index (κ3) is 5.61. The molecule has 14 heavy (non-hydrogen) atoms. The molecule has 0 amide bonds. The first-order valence-corrected chi connectivity index (χ1v) is 5.78. The van der Waals surface area contributed by atoms with Gasteiger partial charge < -0.3 is 10.8 Å². The van der Waals surface area contributed by atoms with Crippen LogP contribution in [0.15, 0.2) is 0 Å². The number of hydrogen-bond acceptors (Lipinski definition) is 2. The molecule has 0 aliphatic rings. The maximum atomic E-state index is 9.86. The zero-order chi connectivity index (χ0) is 11.3. The molecule has 0 aromatic carbocycles. The van der Waals surface area contributed by atoms with Crippen molar-refractivity contribution in [2.24, 2.45) is 23.5 Å². The first kappa shape index (κ1) is 13.9. The molecule has 2 heteroatoms. The molecular formula is C12H27NO. The second-order valence-electron chi connectivity index (χ2n) is 5.32. The summed E-state index contributed by atoms with van der Waals surface area (Å²) < 4.78 is 0. The predicted molar refractivity (Wildman–Crippen MR) is 62.1 cm³/mol. The summed E-state index contributed by atoms with van der Waals surface area (Å²) in [5.74, 6) is 1.73. The van der Waals surface area contributed by atoms with E-state index in [0.29, 0.717) is 17.8 Å². The van der Waals surface area contributed by atoms with Gasteiger partial charge in [0.2, 0.25) is 0 Å².